The van der Waals surface area contributed by atoms with Crippen molar-refractivity contribution in [3.63, 3.8) is 0 Å². The van der Waals surface area contributed by atoms with E-state index in [2.05, 4.69) is 34.3 Å². The van der Waals surface area contributed by atoms with E-state index in [4.69, 9.17) is 0 Å². The lowest BCUT2D eigenvalue weighted by molar-refractivity contribution is 0.494. The third-order valence-corrected chi connectivity index (χ3v) is 4.75. The molecule has 2 heterocycles. The summed E-state index contributed by atoms with van der Waals surface area (Å²) in [5.41, 5.74) is 1.33. The predicted octanol–water partition coefficient (Wildman–Crippen LogP) is 2.60. The molecule has 18 heavy (non-hydrogen) atoms. The first-order valence-corrected chi connectivity index (χ1v) is 7.16. The third-order valence-electron chi connectivity index (χ3n) is 4.75. The molecule has 1 saturated carbocycles. The summed E-state index contributed by atoms with van der Waals surface area (Å²) in [5.74, 6) is 3.03. The molecule has 1 N–H and O–H groups in total. The van der Waals surface area contributed by atoms with Crippen LogP contribution in [0.2, 0.25) is 0 Å². The van der Waals surface area contributed by atoms with E-state index < -0.39 is 0 Å². The second-order valence-electron chi connectivity index (χ2n) is 5.81. The Labute approximate surface area is 110 Å². The van der Waals surface area contributed by atoms with Gasteiger partial charge < -0.3 is 10.2 Å². The van der Waals surface area contributed by atoms with E-state index in [-0.39, 0.29) is 0 Å². The summed E-state index contributed by atoms with van der Waals surface area (Å²) in [6.45, 7) is 4.63. The van der Waals surface area contributed by atoms with Crippen LogP contribution in [0.1, 0.15) is 37.8 Å². The van der Waals surface area contributed by atoms with Crippen LogP contribution in [0, 0.1) is 11.8 Å². The number of nitrogens with zero attached hydrogens (tertiary/aromatic N) is 2. The van der Waals surface area contributed by atoms with Crippen LogP contribution >= 0.6 is 0 Å². The molecule has 1 aliphatic carbocycles. The van der Waals surface area contributed by atoms with Crippen molar-refractivity contribution < 1.29 is 0 Å². The van der Waals surface area contributed by atoms with E-state index in [1.807, 2.05) is 13.2 Å². The monoisotopic (exact) mass is 245 g/mol. The molecule has 0 spiro atoms. The minimum atomic E-state index is 0.397. The number of aromatic nitrogens is 1. The van der Waals surface area contributed by atoms with Gasteiger partial charge in [-0.05, 0) is 56.3 Å². The molecule has 0 amide bonds. The standard InChI is InChI=1S/C15H23N3/c1-11(16-2)12-6-7-17-15(8-12)18-9-13-4-3-5-14(13)10-18/h6-8,11,13-14,16H,3-5,9-10H2,1-2H3. The molecule has 2 aliphatic rings. The topological polar surface area (TPSA) is 28.2 Å². The summed E-state index contributed by atoms with van der Waals surface area (Å²) < 4.78 is 0. The SMILES string of the molecule is CNC(C)c1ccnc(N2CC3CCCC3C2)c1. The molecule has 3 heteroatoms. The lowest BCUT2D eigenvalue weighted by atomic mass is 10.0. The van der Waals surface area contributed by atoms with Crippen LogP contribution in [-0.2, 0) is 0 Å². The average molecular weight is 245 g/mol. The van der Waals surface area contributed by atoms with Gasteiger partial charge in [-0.15, -0.1) is 0 Å². The van der Waals surface area contributed by atoms with Crippen molar-refractivity contribution in [3.8, 4) is 0 Å². The van der Waals surface area contributed by atoms with Gasteiger partial charge in [-0.25, -0.2) is 4.98 Å². The number of nitrogens with one attached hydrogen (secondary N) is 1. The maximum Gasteiger partial charge on any atom is 0.128 e. The highest BCUT2D eigenvalue weighted by Gasteiger charge is 2.36. The molecule has 3 unspecified atom stereocenters. The minimum Gasteiger partial charge on any atom is -0.356 e. The van der Waals surface area contributed by atoms with Crippen LogP contribution in [0.3, 0.4) is 0 Å². The maximum absolute atomic E-state index is 4.56. The van der Waals surface area contributed by atoms with Crippen molar-refractivity contribution in [1.29, 1.82) is 0 Å². The Balaban J connectivity index is 1.76. The average Bonchev–Trinajstić information content (AvgIpc) is 2.98. The first-order chi connectivity index (χ1) is 8.78. The zero-order valence-corrected chi connectivity index (χ0v) is 11.4. The summed E-state index contributed by atoms with van der Waals surface area (Å²) in [6.07, 6.45) is 6.24. The molecular formula is C15H23N3. The van der Waals surface area contributed by atoms with Gasteiger partial charge in [0.05, 0.1) is 0 Å². The van der Waals surface area contributed by atoms with Crippen molar-refractivity contribution in [2.24, 2.45) is 11.8 Å². The zero-order valence-electron chi connectivity index (χ0n) is 11.4. The van der Waals surface area contributed by atoms with Gasteiger partial charge in [0.1, 0.15) is 5.82 Å². The Bertz CT molecular complexity index is 406. The van der Waals surface area contributed by atoms with Crippen molar-refractivity contribution in [1.82, 2.24) is 10.3 Å². The Kier molecular flexibility index (Phi) is 3.25. The fourth-order valence-electron chi connectivity index (χ4n) is 3.47. The number of hydrogen-bond acceptors (Lipinski definition) is 3. The van der Waals surface area contributed by atoms with E-state index in [9.17, 15) is 0 Å². The Hall–Kier alpha value is -1.09. The normalized spacial score (nSPS) is 28.4. The first kappa shape index (κ1) is 12.0. The summed E-state index contributed by atoms with van der Waals surface area (Å²) >= 11 is 0. The largest absolute Gasteiger partial charge is 0.356 e. The molecule has 0 radical (unpaired) electrons. The van der Waals surface area contributed by atoms with Gasteiger partial charge in [0, 0.05) is 25.3 Å². The number of anilines is 1. The number of pyridine rings is 1. The van der Waals surface area contributed by atoms with E-state index in [1.54, 1.807) is 0 Å². The number of hydrogen-bond donors (Lipinski definition) is 1. The molecular weight excluding hydrogens is 222 g/mol. The molecule has 1 aromatic heterocycles. The van der Waals surface area contributed by atoms with Crippen molar-refractivity contribution in [3.05, 3.63) is 23.9 Å². The van der Waals surface area contributed by atoms with E-state index in [1.165, 1.54) is 43.7 Å². The highest BCUT2D eigenvalue weighted by atomic mass is 15.2. The number of fused-ring (bicyclic) bond motifs is 1. The second-order valence-corrected chi connectivity index (χ2v) is 5.81. The van der Waals surface area contributed by atoms with Crippen LogP contribution in [0.15, 0.2) is 18.3 Å². The van der Waals surface area contributed by atoms with Crippen molar-refractivity contribution >= 4 is 5.82 Å². The summed E-state index contributed by atoms with van der Waals surface area (Å²) in [6, 6.07) is 4.76. The molecule has 1 aliphatic heterocycles. The molecule has 0 bridgehead atoms. The molecule has 2 fully saturated rings. The molecule has 3 nitrogen and oxygen atoms in total. The van der Waals surface area contributed by atoms with Gasteiger partial charge in [-0.1, -0.05) is 6.42 Å². The highest BCUT2D eigenvalue weighted by molar-refractivity contribution is 5.43. The minimum absolute atomic E-state index is 0.397. The van der Waals surface area contributed by atoms with E-state index >= 15 is 0 Å². The summed E-state index contributed by atoms with van der Waals surface area (Å²) in [4.78, 5) is 7.05. The smallest absolute Gasteiger partial charge is 0.128 e. The van der Waals surface area contributed by atoms with Crippen LogP contribution in [0.4, 0.5) is 5.82 Å². The van der Waals surface area contributed by atoms with Crippen LogP contribution in [0.5, 0.6) is 0 Å². The summed E-state index contributed by atoms with van der Waals surface area (Å²) in [5, 5.41) is 3.29. The van der Waals surface area contributed by atoms with Gasteiger partial charge in [-0.3, -0.25) is 0 Å². The lowest BCUT2D eigenvalue weighted by Gasteiger charge is -2.20. The zero-order chi connectivity index (χ0) is 12.5. The predicted molar refractivity (Wildman–Crippen MR) is 74.8 cm³/mol. The van der Waals surface area contributed by atoms with Gasteiger partial charge in [0.25, 0.3) is 0 Å². The Morgan fingerprint density at radius 2 is 2.06 bits per heavy atom. The molecule has 1 saturated heterocycles. The Morgan fingerprint density at radius 3 is 2.72 bits per heavy atom. The van der Waals surface area contributed by atoms with Gasteiger partial charge in [0.15, 0.2) is 0 Å². The van der Waals surface area contributed by atoms with Crippen molar-refractivity contribution in [2.45, 2.75) is 32.2 Å². The summed E-state index contributed by atoms with van der Waals surface area (Å²) in [7, 11) is 2.00. The Morgan fingerprint density at radius 1 is 1.33 bits per heavy atom. The van der Waals surface area contributed by atoms with Crippen LogP contribution < -0.4 is 10.2 Å². The van der Waals surface area contributed by atoms with Crippen LogP contribution in [0.25, 0.3) is 0 Å². The van der Waals surface area contributed by atoms with Crippen LogP contribution in [-0.4, -0.2) is 25.1 Å². The fourth-order valence-corrected chi connectivity index (χ4v) is 3.47. The second kappa shape index (κ2) is 4.88. The van der Waals surface area contributed by atoms with E-state index in [0.29, 0.717) is 6.04 Å². The number of rotatable bonds is 3. The van der Waals surface area contributed by atoms with Crippen molar-refractivity contribution in [2.75, 3.05) is 25.0 Å². The molecule has 3 atom stereocenters. The van der Waals surface area contributed by atoms with Gasteiger partial charge in [0.2, 0.25) is 0 Å². The third kappa shape index (κ3) is 2.12. The lowest BCUT2D eigenvalue weighted by Crippen LogP contribution is -2.22. The molecule has 1 aromatic rings. The molecule has 98 valence electrons. The molecule has 0 aromatic carbocycles. The quantitative estimate of drug-likeness (QED) is 0.887. The van der Waals surface area contributed by atoms with E-state index in [0.717, 1.165) is 11.8 Å². The maximum atomic E-state index is 4.56. The first-order valence-electron chi connectivity index (χ1n) is 7.16. The van der Waals surface area contributed by atoms with Gasteiger partial charge >= 0.3 is 0 Å². The fraction of sp³-hybridized carbons (Fsp3) is 0.667. The molecule has 3 rings (SSSR count). The highest BCUT2D eigenvalue weighted by Crippen LogP contribution is 2.39. The van der Waals surface area contributed by atoms with Gasteiger partial charge in [-0.2, -0.15) is 0 Å².